The van der Waals surface area contributed by atoms with Crippen LogP contribution in [-0.4, -0.2) is 63.8 Å². The normalized spacial score (nSPS) is 18.5. The van der Waals surface area contributed by atoms with Crippen LogP contribution in [-0.2, 0) is 41.1 Å². The van der Waals surface area contributed by atoms with Crippen LogP contribution in [0.4, 0.5) is 0 Å². The number of piperidine rings is 1. The van der Waals surface area contributed by atoms with Crippen molar-refractivity contribution >= 4 is 17.2 Å². The fourth-order valence-corrected chi connectivity index (χ4v) is 5.56. The molecule has 2 aromatic rings. The number of fused-ring (bicyclic) bond motifs is 2. The maximum atomic E-state index is 11.7. The minimum atomic E-state index is -0.104. The molecule has 9 heteroatoms. The van der Waals surface area contributed by atoms with E-state index in [4.69, 9.17) is 9.84 Å². The Morgan fingerprint density at radius 1 is 1.40 bits per heavy atom. The lowest BCUT2D eigenvalue weighted by Gasteiger charge is -2.44. The lowest BCUT2D eigenvalue weighted by Crippen LogP contribution is -2.45. The second kappa shape index (κ2) is 9.55. The molecule has 0 aliphatic carbocycles. The summed E-state index contributed by atoms with van der Waals surface area (Å²) in [5, 5.41) is 19.8. The maximum Gasteiger partial charge on any atom is 0.221 e. The number of aliphatic hydroxyl groups excluding tert-OH is 1. The van der Waals surface area contributed by atoms with Crippen molar-refractivity contribution in [1.29, 1.82) is 0 Å². The number of nitrogens with one attached hydrogen (secondary N) is 1. The standard InChI is InChI=1S/C21H31N5O3S/c1-2-17-13-18-19(30-17)4-12-29-21(18)5-9-25(10-6-21)14-16-15-26(24-23-16)8-3-20(28)22-7-11-27/h13,15,27H,2-12,14H2,1H3,(H,22,28). The van der Waals surface area contributed by atoms with Gasteiger partial charge in [-0.1, -0.05) is 12.1 Å². The van der Waals surface area contributed by atoms with Crippen LogP contribution >= 0.6 is 11.3 Å². The molecule has 0 atom stereocenters. The van der Waals surface area contributed by atoms with Crippen LogP contribution in [0.15, 0.2) is 12.3 Å². The fourth-order valence-electron chi connectivity index (χ4n) is 4.38. The minimum absolute atomic E-state index is 0.0468. The summed E-state index contributed by atoms with van der Waals surface area (Å²) in [6, 6.07) is 2.39. The van der Waals surface area contributed by atoms with E-state index in [2.05, 4.69) is 33.5 Å². The van der Waals surface area contributed by atoms with E-state index >= 15 is 0 Å². The van der Waals surface area contributed by atoms with Crippen molar-refractivity contribution in [2.45, 2.75) is 57.7 Å². The number of ether oxygens (including phenoxy) is 1. The van der Waals surface area contributed by atoms with Gasteiger partial charge in [-0.25, -0.2) is 0 Å². The van der Waals surface area contributed by atoms with Crippen LogP contribution in [0, 0.1) is 0 Å². The van der Waals surface area contributed by atoms with Gasteiger partial charge in [0.25, 0.3) is 0 Å². The molecule has 8 nitrogen and oxygen atoms in total. The number of amides is 1. The second-order valence-electron chi connectivity index (χ2n) is 8.07. The van der Waals surface area contributed by atoms with Gasteiger partial charge in [0, 0.05) is 55.0 Å². The summed E-state index contributed by atoms with van der Waals surface area (Å²) in [4.78, 5) is 17.1. The van der Waals surface area contributed by atoms with E-state index in [1.54, 1.807) is 4.68 Å². The first kappa shape index (κ1) is 21.4. The van der Waals surface area contributed by atoms with Gasteiger partial charge in [0.15, 0.2) is 0 Å². The molecule has 1 saturated heterocycles. The third-order valence-corrected chi connectivity index (χ3v) is 7.38. The summed E-state index contributed by atoms with van der Waals surface area (Å²) in [6.07, 6.45) is 6.42. The van der Waals surface area contributed by atoms with Crippen molar-refractivity contribution < 1.29 is 14.6 Å². The number of carbonyl (C=O) groups excluding carboxylic acids is 1. The Balaban J connectivity index is 1.29. The fraction of sp³-hybridized carbons (Fsp3) is 0.667. The molecule has 2 aliphatic heterocycles. The predicted octanol–water partition coefficient (Wildman–Crippen LogP) is 1.46. The van der Waals surface area contributed by atoms with Gasteiger partial charge < -0.3 is 15.2 Å². The Morgan fingerprint density at radius 3 is 3.00 bits per heavy atom. The molecular formula is C21H31N5O3S. The number of rotatable bonds is 8. The number of likely N-dealkylation sites (tertiary alicyclic amines) is 1. The zero-order valence-electron chi connectivity index (χ0n) is 17.6. The molecule has 0 aromatic carbocycles. The molecule has 0 saturated carbocycles. The number of hydrogen-bond donors (Lipinski definition) is 2. The van der Waals surface area contributed by atoms with Crippen LogP contribution in [0.5, 0.6) is 0 Å². The summed E-state index contributed by atoms with van der Waals surface area (Å²) in [5.41, 5.74) is 2.27. The summed E-state index contributed by atoms with van der Waals surface area (Å²) in [6.45, 7) is 6.51. The molecule has 2 aliphatic rings. The minimum Gasteiger partial charge on any atom is -0.395 e. The number of hydrogen-bond acceptors (Lipinski definition) is 7. The SMILES string of the molecule is CCc1cc2c(s1)CCOC21CCN(Cc2cn(CCC(=O)NCCO)nn2)CC1. The molecule has 2 N–H and O–H groups in total. The Kier molecular flexibility index (Phi) is 6.82. The van der Waals surface area contributed by atoms with Gasteiger partial charge in [0.05, 0.1) is 31.1 Å². The van der Waals surface area contributed by atoms with Crippen molar-refractivity contribution in [3.05, 3.63) is 33.3 Å². The van der Waals surface area contributed by atoms with Gasteiger partial charge >= 0.3 is 0 Å². The predicted molar refractivity (Wildman–Crippen MR) is 114 cm³/mol. The highest BCUT2D eigenvalue weighted by Crippen LogP contribution is 2.44. The van der Waals surface area contributed by atoms with E-state index in [1.165, 1.54) is 15.3 Å². The number of aryl methyl sites for hydroxylation is 2. The number of aromatic nitrogens is 3. The topological polar surface area (TPSA) is 92.5 Å². The zero-order valence-corrected chi connectivity index (χ0v) is 18.4. The molecule has 0 radical (unpaired) electrons. The lowest BCUT2D eigenvalue weighted by molar-refractivity contribution is -0.121. The zero-order chi connectivity index (χ0) is 21.0. The third kappa shape index (κ3) is 4.74. The first-order valence-corrected chi connectivity index (χ1v) is 11.7. The van der Waals surface area contributed by atoms with Gasteiger partial charge in [-0.05, 0) is 30.9 Å². The van der Waals surface area contributed by atoms with Gasteiger partial charge in [-0.3, -0.25) is 14.4 Å². The molecule has 0 unspecified atom stereocenters. The van der Waals surface area contributed by atoms with E-state index < -0.39 is 0 Å². The summed E-state index contributed by atoms with van der Waals surface area (Å²) >= 11 is 1.96. The molecule has 0 bridgehead atoms. The van der Waals surface area contributed by atoms with Crippen molar-refractivity contribution in [3.63, 3.8) is 0 Å². The molecule has 1 spiro atoms. The quantitative estimate of drug-likeness (QED) is 0.655. The van der Waals surface area contributed by atoms with Crippen molar-refractivity contribution in [3.8, 4) is 0 Å². The summed E-state index contributed by atoms with van der Waals surface area (Å²) in [7, 11) is 0. The molecule has 164 valence electrons. The van der Waals surface area contributed by atoms with Gasteiger partial charge in [0.2, 0.25) is 5.91 Å². The lowest BCUT2D eigenvalue weighted by atomic mass is 9.82. The van der Waals surface area contributed by atoms with E-state index in [0.717, 1.165) is 57.6 Å². The second-order valence-corrected chi connectivity index (χ2v) is 9.29. The van der Waals surface area contributed by atoms with Crippen LogP contribution < -0.4 is 5.32 Å². The van der Waals surface area contributed by atoms with E-state index in [-0.39, 0.29) is 24.7 Å². The number of carbonyl (C=O) groups is 1. The van der Waals surface area contributed by atoms with Crippen molar-refractivity contribution in [1.82, 2.24) is 25.2 Å². The van der Waals surface area contributed by atoms with Crippen LogP contribution in [0.25, 0.3) is 0 Å². The molecule has 1 amide bonds. The Morgan fingerprint density at radius 2 is 2.23 bits per heavy atom. The average molecular weight is 434 g/mol. The average Bonchev–Trinajstić information content (AvgIpc) is 3.40. The highest BCUT2D eigenvalue weighted by molar-refractivity contribution is 7.12. The number of aliphatic hydroxyl groups is 1. The first-order valence-electron chi connectivity index (χ1n) is 10.9. The molecule has 4 rings (SSSR count). The molecule has 30 heavy (non-hydrogen) atoms. The Labute approximate surface area is 181 Å². The van der Waals surface area contributed by atoms with Gasteiger partial charge in [0.1, 0.15) is 0 Å². The van der Waals surface area contributed by atoms with Crippen molar-refractivity contribution in [2.75, 3.05) is 32.8 Å². The maximum absolute atomic E-state index is 11.7. The monoisotopic (exact) mass is 433 g/mol. The summed E-state index contributed by atoms with van der Waals surface area (Å²) < 4.78 is 8.09. The molecule has 2 aromatic heterocycles. The smallest absolute Gasteiger partial charge is 0.221 e. The number of thiophene rings is 1. The Bertz CT molecular complexity index is 857. The molecular weight excluding hydrogens is 402 g/mol. The number of nitrogens with zero attached hydrogens (tertiary/aromatic N) is 4. The van der Waals surface area contributed by atoms with Gasteiger partial charge in [-0.15, -0.1) is 16.4 Å². The first-order chi connectivity index (χ1) is 14.6. The largest absolute Gasteiger partial charge is 0.395 e. The van der Waals surface area contributed by atoms with Crippen LogP contribution in [0.1, 0.15) is 47.2 Å². The Hall–Kier alpha value is -1.81. The van der Waals surface area contributed by atoms with E-state index in [1.807, 2.05) is 17.5 Å². The van der Waals surface area contributed by atoms with Gasteiger partial charge in [-0.2, -0.15) is 0 Å². The van der Waals surface area contributed by atoms with E-state index in [0.29, 0.717) is 13.0 Å². The molecule has 4 heterocycles. The highest BCUT2D eigenvalue weighted by atomic mass is 32.1. The van der Waals surface area contributed by atoms with Crippen LogP contribution in [0.2, 0.25) is 0 Å². The summed E-state index contributed by atoms with van der Waals surface area (Å²) in [5.74, 6) is -0.0889. The molecule has 1 fully saturated rings. The van der Waals surface area contributed by atoms with Crippen molar-refractivity contribution in [2.24, 2.45) is 0 Å². The van der Waals surface area contributed by atoms with E-state index in [9.17, 15) is 4.79 Å². The highest BCUT2D eigenvalue weighted by Gasteiger charge is 2.41. The third-order valence-electron chi connectivity index (χ3n) is 6.04. The van der Waals surface area contributed by atoms with Crippen LogP contribution in [0.3, 0.4) is 0 Å².